The fourth-order valence-electron chi connectivity index (χ4n) is 1.49. The third kappa shape index (κ3) is 3.84. The van der Waals surface area contributed by atoms with E-state index in [1.54, 1.807) is 7.05 Å². The minimum absolute atomic E-state index is 0.0506. The molecule has 7 heteroatoms. The molecule has 18 heavy (non-hydrogen) atoms. The van der Waals surface area contributed by atoms with Crippen molar-refractivity contribution < 1.29 is 23.4 Å². The third-order valence-electron chi connectivity index (χ3n) is 2.37. The summed E-state index contributed by atoms with van der Waals surface area (Å²) in [5.41, 5.74) is -1.03. The molecule has 0 aromatic heterocycles. The van der Waals surface area contributed by atoms with Crippen molar-refractivity contribution in [3.8, 4) is 0 Å². The van der Waals surface area contributed by atoms with E-state index in [9.17, 15) is 23.4 Å². The van der Waals surface area contributed by atoms with E-state index in [1.807, 2.05) is 0 Å². The van der Waals surface area contributed by atoms with Crippen molar-refractivity contribution in [2.75, 3.05) is 13.6 Å². The molecule has 3 N–H and O–H groups in total. The van der Waals surface area contributed by atoms with Gasteiger partial charge in [-0.1, -0.05) is 11.6 Å². The number of aliphatic hydroxyl groups is 2. The Labute approximate surface area is 107 Å². The molecule has 0 aliphatic rings. The van der Waals surface area contributed by atoms with E-state index < -0.39 is 23.9 Å². The minimum Gasteiger partial charge on any atom is -0.389 e. The molecule has 3 nitrogen and oxygen atoms in total. The summed E-state index contributed by atoms with van der Waals surface area (Å²) in [7, 11) is 1.55. The summed E-state index contributed by atoms with van der Waals surface area (Å²) in [4.78, 5) is 0. The number of rotatable bonds is 4. The molecule has 0 spiro atoms. The van der Waals surface area contributed by atoms with Crippen LogP contribution in [-0.2, 0) is 6.18 Å². The number of benzene rings is 1. The van der Waals surface area contributed by atoms with Crippen LogP contribution in [0.15, 0.2) is 18.2 Å². The molecular weight excluding hydrogens is 271 g/mol. The van der Waals surface area contributed by atoms with Crippen LogP contribution >= 0.6 is 11.6 Å². The molecule has 0 fully saturated rings. The Bertz CT molecular complexity index is 412. The van der Waals surface area contributed by atoms with Gasteiger partial charge >= 0.3 is 6.18 Å². The van der Waals surface area contributed by atoms with E-state index >= 15 is 0 Å². The first-order chi connectivity index (χ1) is 8.25. The number of alkyl halides is 3. The first kappa shape index (κ1) is 15.2. The van der Waals surface area contributed by atoms with Gasteiger partial charge in [-0.3, -0.25) is 0 Å². The van der Waals surface area contributed by atoms with E-state index in [1.165, 1.54) is 6.07 Å². The highest BCUT2D eigenvalue weighted by atomic mass is 35.5. The van der Waals surface area contributed by atoms with Crippen molar-refractivity contribution in [2.24, 2.45) is 0 Å². The Morgan fingerprint density at radius 1 is 1.28 bits per heavy atom. The van der Waals surface area contributed by atoms with E-state index in [0.717, 1.165) is 12.1 Å². The number of aliphatic hydroxyl groups excluding tert-OH is 2. The molecule has 102 valence electrons. The van der Waals surface area contributed by atoms with Gasteiger partial charge in [0, 0.05) is 11.6 Å². The maximum Gasteiger partial charge on any atom is 0.416 e. The average molecular weight is 284 g/mol. The molecule has 0 aliphatic carbocycles. The van der Waals surface area contributed by atoms with E-state index in [2.05, 4.69) is 5.32 Å². The molecule has 1 aromatic carbocycles. The lowest BCUT2D eigenvalue weighted by Gasteiger charge is -2.19. The number of hydrogen-bond acceptors (Lipinski definition) is 3. The normalized spacial score (nSPS) is 15.5. The van der Waals surface area contributed by atoms with Crippen molar-refractivity contribution in [2.45, 2.75) is 18.4 Å². The maximum absolute atomic E-state index is 12.5. The quantitative estimate of drug-likeness (QED) is 0.792. The van der Waals surface area contributed by atoms with Crippen LogP contribution < -0.4 is 5.32 Å². The fraction of sp³-hybridized carbons (Fsp3) is 0.455. The summed E-state index contributed by atoms with van der Waals surface area (Å²) in [6, 6.07) is 2.73. The Hall–Kier alpha value is -0.820. The van der Waals surface area contributed by atoms with Gasteiger partial charge in [-0.2, -0.15) is 13.2 Å². The van der Waals surface area contributed by atoms with Gasteiger partial charge in [0.1, 0.15) is 6.10 Å². The van der Waals surface area contributed by atoms with Crippen LogP contribution in [0.4, 0.5) is 13.2 Å². The molecule has 0 saturated heterocycles. The van der Waals surface area contributed by atoms with Crippen LogP contribution in [0.25, 0.3) is 0 Å². The molecule has 0 aliphatic heterocycles. The van der Waals surface area contributed by atoms with Gasteiger partial charge in [0.25, 0.3) is 0 Å². The second-order valence-corrected chi connectivity index (χ2v) is 4.28. The highest BCUT2D eigenvalue weighted by molar-refractivity contribution is 6.30. The van der Waals surface area contributed by atoms with E-state index in [-0.39, 0.29) is 17.1 Å². The minimum atomic E-state index is -4.55. The van der Waals surface area contributed by atoms with E-state index in [4.69, 9.17) is 11.6 Å². The Kier molecular flexibility index (Phi) is 4.98. The van der Waals surface area contributed by atoms with Crippen LogP contribution in [0, 0.1) is 0 Å². The molecule has 0 heterocycles. The van der Waals surface area contributed by atoms with Crippen molar-refractivity contribution >= 4 is 11.6 Å². The largest absolute Gasteiger partial charge is 0.416 e. The topological polar surface area (TPSA) is 52.5 Å². The van der Waals surface area contributed by atoms with Crippen LogP contribution in [0.3, 0.4) is 0 Å². The summed E-state index contributed by atoms with van der Waals surface area (Å²) in [6.07, 6.45) is -7.19. The van der Waals surface area contributed by atoms with Crippen molar-refractivity contribution in [1.29, 1.82) is 0 Å². The predicted molar refractivity (Wildman–Crippen MR) is 61.3 cm³/mol. The second kappa shape index (κ2) is 5.88. The van der Waals surface area contributed by atoms with Gasteiger partial charge < -0.3 is 15.5 Å². The number of nitrogens with one attached hydrogen (secondary N) is 1. The van der Waals surface area contributed by atoms with Gasteiger partial charge in [-0.25, -0.2) is 0 Å². The molecule has 0 saturated carbocycles. The summed E-state index contributed by atoms with van der Waals surface area (Å²) in [6.45, 7) is 0.0506. The summed E-state index contributed by atoms with van der Waals surface area (Å²) >= 11 is 5.57. The second-order valence-electron chi connectivity index (χ2n) is 3.84. The smallest absolute Gasteiger partial charge is 0.389 e. The summed E-state index contributed by atoms with van der Waals surface area (Å²) < 4.78 is 37.6. The molecule has 2 unspecified atom stereocenters. The molecule has 0 amide bonds. The summed E-state index contributed by atoms with van der Waals surface area (Å²) in [5, 5.41) is 21.7. The average Bonchev–Trinajstić information content (AvgIpc) is 2.26. The Morgan fingerprint density at radius 2 is 1.89 bits per heavy atom. The predicted octanol–water partition coefficient (Wildman–Crippen LogP) is 1.97. The highest BCUT2D eigenvalue weighted by Crippen LogP contribution is 2.33. The monoisotopic (exact) mass is 283 g/mol. The van der Waals surface area contributed by atoms with E-state index in [0.29, 0.717) is 0 Å². The van der Waals surface area contributed by atoms with Crippen LogP contribution in [0.5, 0.6) is 0 Å². The maximum atomic E-state index is 12.5. The van der Waals surface area contributed by atoms with Gasteiger partial charge in [0.05, 0.1) is 11.7 Å². The molecule has 1 rings (SSSR count). The van der Waals surface area contributed by atoms with Gasteiger partial charge in [0.15, 0.2) is 0 Å². The lowest BCUT2D eigenvalue weighted by atomic mass is 10.0. The zero-order chi connectivity index (χ0) is 13.9. The van der Waals surface area contributed by atoms with Crippen LogP contribution in [0.1, 0.15) is 17.2 Å². The van der Waals surface area contributed by atoms with Crippen LogP contribution in [-0.4, -0.2) is 29.9 Å². The summed E-state index contributed by atoms with van der Waals surface area (Å²) in [5.74, 6) is 0. The van der Waals surface area contributed by atoms with Crippen molar-refractivity contribution in [1.82, 2.24) is 5.32 Å². The number of likely N-dealkylation sites (N-methyl/N-ethyl adjacent to an activating group) is 1. The van der Waals surface area contributed by atoms with Crippen LogP contribution in [0.2, 0.25) is 5.02 Å². The Balaban J connectivity index is 3.06. The molecular formula is C11H13ClF3NO2. The molecule has 1 aromatic rings. The van der Waals surface area contributed by atoms with Crippen molar-refractivity contribution in [3.05, 3.63) is 34.3 Å². The molecule has 0 radical (unpaired) electrons. The first-order valence-electron chi connectivity index (χ1n) is 5.14. The number of hydrogen-bond donors (Lipinski definition) is 3. The SMILES string of the molecule is CNCC(O)C(O)c1cc(Cl)cc(C(F)(F)F)c1. The third-order valence-corrected chi connectivity index (χ3v) is 2.58. The van der Waals surface area contributed by atoms with Crippen molar-refractivity contribution in [3.63, 3.8) is 0 Å². The lowest BCUT2D eigenvalue weighted by molar-refractivity contribution is -0.137. The van der Waals surface area contributed by atoms with Gasteiger partial charge in [0.2, 0.25) is 0 Å². The standard InChI is InChI=1S/C11H13ClF3NO2/c1-16-5-9(17)10(18)6-2-7(11(13,14)15)4-8(12)3-6/h2-4,9-10,16-18H,5H2,1H3. The zero-order valence-corrected chi connectivity index (χ0v) is 10.3. The van der Waals surface area contributed by atoms with Gasteiger partial charge in [-0.05, 0) is 30.8 Å². The lowest BCUT2D eigenvalue weighted by Crippen LogP contribution is -2.29. The number of halogens is 4. The zero-order valence-electron chi connectivity index (χ0n) is 9.50. The highest BCUT2D eigenvalue weighted by Gasteiger charge is 2.32. The first-order valence-corrected chi connectivity index (χ1v) is 5.52. The van der Waals surface area contributed by atoms with Gasteiger partial charge in [-0.15, -0.1) is 0 Å². The fourth-order valence-corrected chi connectivity index (χ4v) is 1.73. The molecule has 2 atom stereocenters. The Morgan fingerprint density at radius 3 is 2.39 bits per heavy atom. The molecule has 0 bridgehead atoms.